The summed E-state index contributed by atoms with van der Waals surface area (Å²) >= 11 is 0. The molecule has 1 heterocycles. The number of aromatic hydroxyl groups is 1. The van der Waals surface area contributed by atoms with E-state index in [4.69, 9.17) is 9.47 Å². The molecule has 2 aromatic carbocycles. The van der Waals surface area contributed by atoms with E-state index in [0.717, 1.165) is 43.2 Å². The smallest absolute Gasteiger partial charge is 0.259 e. The molecule has 0 bridgehead atoms. The van der Waals surface area contributed by atoms with Gasteiger partial charge in [-0.15, -0.1) is 0 Å². The van der Waals surface area contributed by atoms with Gasteiger partial charge in [0.25, 0.3) is 5.91 Å². The maximum Gasteiger partial charge on any atom is 0.259 e. The molecule has 0 spiro atoms. The Morgan fingerprint density at radius 3 is 2.60 bits per heavy atom. The minimum atomic E-state index is -0.359. The normalized spacial score (nSPS) is 14.2. The highest BCUT2D eigenvalue weighted by atomic mass is 16.5. The molecule has 1 fully saturated rings. The number of hydrogen-bond acceptors (Lipinski definition) is 5. The monoisotopic (exact) mass is 342 g/mol. The van der Waals surface area contributed by atoms with Gasteiger partial charge in [-0.3, -0.25) is 4.79 Å². The second kappa shape index (κ2) is 7.44. The molecule has 3 rings (SSSR count). The molecule has 0 aromatic heterocycles. The number of nitrogens with zero attached hydrogens (tertiary/aromatic N) is 1. The Bertz CT molecular complexity index is 770. The zero-order chi connectivity index (χ0) is 17.8. The highest BCUT2D eigenvalue weighted by molar-refractivity contribution is 6.06. The number of amides is 1. The van der Waals surface area contributed by atoms with Gasteiger partial charge in [0.05, 0.1) is 25.9 Å². The molecule has 0 atom stereocenters. The maximum atomic E-state index is 12.4. The Balaban J connectivity index is 1.75. The number of methoxy groups -OCH3 is 1. The molecular formula is C19H22N2O4. The van der Waals surface area contributed by atoms with Gasteiger partial charge in [-0.05, 0) is 42.8 Å². The van der Waals surface area contributed by atoms with E-state index in [2.05, 4.69) is 16.3 Å². The fourth-order valence-corrected chi connectivity index (χ4v) is 2.83. The average molecular weight is 342 g/mol. The van der Waals surface area contributed by atoms with Crippen molar-refractivity contribution in [2.24, 2.45) is 0 Å². The first-order chi connectivity index (χ1) is 12.1. The number of anilines is 2. The third-order valence-electron chi connectivity index (χ3n) is 4.28. The lowest BCUT2D eigenvalue weighted by Gasteiger charge is -2.29. The SMILES string of the molecule is COc1ccc(C(=O)Nc2ccc(N3CCOCC3)cc2C)c(O)c1. The molecule has 2 N–H and O–H groups in total. The van der Waals surface area contributed by atoms with Gasteiger partial charge in [-0.1, -0.05) is 0 Å². The van der Waals surface area contributed by atoms with Crippen molar-refractivity contribution in [1.29, 1.82) is 0 Å². The molecule has 0 radical (unpaired) electrons. The Hall–Kier alpha value is -2.73. The molecule has 2 aromatic rings. The van der Waals surface area contributed by atoms with E-state index in [0.29, 0.717) is 5.75 Å². The van der Waals surface area contributed by atoms with Crippen LogP contribution in [0.3, 0.4) is 0 Å². The highest BCUT2D eigenvalue weighted by Crippen LogP contribution is 2.27. The van der Waals surface area contributed by atoms with Gasteiger partial charge in [0, 0.05) is 30.5 Å². The van der Waals surface area contributed by atoms with Crippen molar-refractivity contribution in [2.75, 3.05) is 43.6 Å². The summed E-state index contributed by atoms with van der Waals surface area (Å²) in [5, 5.41) is 12.8. The van der Waals surface area contributed by atoms with E-state index < -0.39 is 0 Å². The fraction of sp³-hybridized carbons (Fsp3) is 0.316. The third kappa shape index (κ3) is 3.85. The lowest BCUT2D eigenvalue weighted by molar-refractivity contribution is 0.102. The van der Waals surface area contributed by atoms with Crippen LogP contribution < -0.4 is 15.0 Å². The largest absolute Gasteiger partial charge is 0.507 e. The molecule has 1 aliphatic heterocycles. The van der Waals surface area contributed by atoms with Gasteiger partial charge < -0.3 is 24.8 Å². The van der Waals surface area contributed by atoms with E-state index in [-0.39, 0.29) is 17.2 Å². The van der Waals surface area contributed by atoms with Crippen LogP contribution in [0.25, 0.3) is 0 Å². The number of nitrogens with one attached hydrogen (secondary N) is 1. The molecule has 1 amide bonds. The van der Waals surface area contributed by atoms with Gasteiger partial charge in [0.1, 0.15) is 11.5 Å². The first kappa shape index (κ1) is 17.1. The molecular weight excluding hydrogens is 320 g/mol. The third-order valence-corrected chi connectivity index (χ3v) is 4.28. The van der Waals surface area contributed by atoms with Crippen molar-refractivity contribution in [3.63, 3.8) is 0 Å². The van der Waals surface area contributed by atoms with Gasteiger partial charge >= 0.3 is 0 Å². The Labute approximate surface area is 147 Å². The Kier molecular flexibility index (Phi) is 5.09. The zero-order valence-corrected chi connectivity index (χ0v) is 14.4. The van der Waals surface area contributed by atoms with Gasteiger partial charge in [0.2, 0.25) is 0 Å². The van der Waals surface area contributed by atoms with E-state index in [9.17, 15) is 9.90 Å². The topological polar surface area (TPSA) is 71.0 Å². The van der Waals surface area contributed by atoms with E-state index >= 15 is 0 Å². The number of benzene rings is 2. The van der Waals surface area contributed by atoms with Crippen molar-refractivity contribution < 1.29 is 19.4 Å². The van der Waals surface area contributed by atoms with Gasteiger partial charge in [-0.25, -0.2) is 0 Å². The van der Waals surface area contributed by atoms with Crippen molar-refractivity contribution in [3.8, 4) is 11.5 Å². The molecule has 6 nitrogen and oxygen atoms in total. The van der Waals surface area contributed by atoms with Gasteiger partial charge in [0.15, 0.2) is 0 Å². The van der Waals surface area contributed by atoms with Crippen LogP contribution in [0.15, 0.2) is 36.4 Å². The summed E-state index contributed by atoms with van der Waals surface area (Å²) in [5.41, 5.74) is 3.01. The molecule has 6 heteroatoms. The van der Waals surface area contributed by atoms with Crippen LogP contribution >= 0.6 is 0 Å². The number of hydrogen-bond donors (Lipinski definition) is 2. The number of carbonyl (C=O) groups is 1. The molecule has 1 saturated heterocycles. The summed E-state index contributed by atoms with van der Waals surface area (Å²) in [6.07, 6.45) is 0. The van der Waals surface area contributed by atoms with Crippen LogP contribution in [0, 0.1) is 6.92 Å². The average Bonchev–Trinajstić information content (AvgIpc) is 2.63. The van der Waals surface area contributed by atoms with E-state index in [1.54, 1.807) is 12.1 Å². The lowest BCUT2D eigenvalue weighted by Crippen LogP contribution is -2.36. The summed E-state index contributed by atoms with van der Waals surface area (Å²) in [7, 11) is 1.51. The van der Waals surface area contributed by atoms with E-state index in [1.807, 2.05) is 19.1 Å². The molecule has 132 valence electrons. The van der Waals surface area contributed by atoms with Crippen molar-refractivity contribution in [1.82, 2.24) is 0 Å². The van der Waals surface area contributed by atoms with E-state index in [1.165, 1.54) is 13.2 Å². The Morgan fingerprint density at radius 1 is 1.20 bits per heavy atom. The molecule has 0 saturated carbocycles. The van der Waals surface area contributed by atoms with Crippen LogP contribution in [0.2, 0.25) is 0 Å². The minimum Gasteiger partial charge on any atom is -0.507 e. The summed E-state index contributed by atoms with van der Waals surface area (Å²) in [6.45, 7) is 5.14. The molecule has 0 aliphatic carbocycles. The maximum absolute atomic E-state index is 12.4. The second-order valence-electron chi connectivity index (χ2n) is 5.94. The number of phenols is 1. The molecule has 25 heavy (non-hydrogen) atoms. The lowest BCUT2D eigenvalue weighted by atomic mass is 10.1. The first-order valence-corrected chi connectivity index (χ1v) is 8.20. The Morgan fingerprint density at radius 2 is 1.96 bits per heavy atom. The first-order valence-electron chi connectivity index (χ1n) is 8.20. The van der Waals surface area contributed by atoms with Crippen LogP contribution in [0.5, 0.6) is 11.5 Å². The standard InChI is InChI=1S/C19H22N2O4/c1-13-11-14(21-7-9-25-10-8-21)3-6-17(13)20-19(23)16-5-4-15(24-2)12-18(16)22/h3-6,11-12,22H,7-10H2,1-2H3,(H,20,23). The highest BCUT2D eigenvalue weighted by Gasteiger charge is 2.15. The number of rotatable bonds is 4. The van der Waals surface area contributed by atoms with Crippen molar-refractivity contribution in [2.45, 2.75) is 6.92 Å². The van der Waals surface area contributed by atoms with Crippen LogP contribution in [-0.2, 0) is 4.74 Å². The summed E-state index contributed by atoms with van der Waals surface area (Å²) in [5.74, 6) is 0.0295. The minimum absolute atomic E-state index is 0.112. The number of carbonyl (C=O) groups excluding carboxylic acids is 1. The summed E-state index contributed by atoms with van der Waals surface area (Å²) in [4.78, 5) is 14.7. The van der Waals surface area contributed by atoms with Crippen LogP contribution in [0.4, 0.5) is 11.4 Å². The fourth-order valence-electron chi connectivity index (χ4n) is 2.83. The quantitative estimate of drug-likeness (QED) is 0.894. The predicted molar refractivity (Wildman–Crippen MR) is 96.8 cm³/mol. The van der Waals surface area contributed by atoms with Crippen LogP contribution in [0.1, 0.15) is 15.9 Å². The number of ether oxygens (including phenoxy) is 2. The summed E-state index contributed by atoms with van der Waals surface area (Å²) in [6, 6.07) is 10.5. The number of morpholine rings is 1. The van der Waals surface area contributed by atoms with Gasteiger partial charge in [-0.2, -0.15) is 0 Å². The van der Waals surface area contributed by atoms with Crippen molar-refractivity contribution >= 4 is 17.3 Å². The number of phenolic OH excluding ortho intramolecular Hbond substituents is 1. The molecule has 1 aliphatic rings. The zero-order valence-electron chi connectivity index (χ0n) is 14.4. The van der Waals surface area contributed by atoms with Crippen LogP contribution in [-0.4, -0.2) is 44.4 Å². The summed E-state index contributed by atoms with van der Waals surface area (Å²) < 4.78 is 10.4. The predicted octanol–water partition coefficient (Wildman–Crippen LogP) is 2.80. The molecule has 0 unspecified atom stereocenters. The number of aryl methyl sites for hydroxylation is 1. The second-order valence-corrected chi connectivity index (χ2v) is 5.94. The van der Waals surface area contributed by atoms with Crippen molar-refractivity contribution in [3.05, 3.63) is 47.5 Å².